The number of aromatic nitrogens is 2. The third kappa shape index (κ3) is 2.18. The summed E-state index contributed by atoms with van der Waals surface area (Å²) in [5, 5.41) is 0. The molecule has 0 unspecified atom stereocenters. The number of benzene rings is 1. The van der Waals surface area contributed by atoms with Crippen molar-refractivity contribution in [1.82, 2.24) is 9.13 Å². The Balaban J connectivity index is 2.88. The Hall–Kier alpha value is -1.62. The van der Waals surface area contributed by atoms with E-state index in [-0.39, 0.29) is 0 Å². The second-order valence-electron chi connectivity index (χ2n) is 5.80. The summed E-state index contributed by atoms with van der Waals surface area (Å²) in [7, 11) is 0.172. The number of aryl methyl sites for hydroxylation is 1. The van der Waals surface area contributed by atoms with Crippen LogP contribution in [0.2, 0.25) is 19.6 Å². The molecule has 0 atom stereocenters. The minimum atomic E-state index is -1.47. The van der Waals surface area contributed by atoms with E-state index in [9.17, 15) is 9.59 Å². The first-order chi connectivity index (χ1) is 8.31. The maximum atomic E-state index is 12.1. The fraction of sp³-hybridized carbons (Fsp3) is 0.385. The van der Waals surface area contributed by atoms with Gasteiger partial charge < -0.3 is 9.13 Å². The third-order valence-electron chi connectivity index (χ3n) is 2.90. The molecule has 0 bridgehead atoms. The van der Waals surface area contributed by atoms with Gasteiger partial charge in [-0.2, -0.15) is 0 Å². The number of hydrogen-bond acceptors (Lipinski definition) is 2. The van der Waals surface area contributed by atoms with Crippen LogP contribution in [0.25, 0.3) is 11.0 Å². The molecule has 0 aliphatic heterocycles. The van der Waals surface area contributed by atoms with Crippen molar-refractivity contribution < 1.29 is 0 Å². The fourth-order valence-electron chi connectivity index (χ4n) is 2.09. The molecule has 0 aliphatic rings. The Morgan fingerprint density at radius 1 is 1.00 bits per heavy atom. The van der Waals surface area contributed by atoms with Crippen molar-refractivity contribution in [2.24, 2.45) is 7.05 Å². The van der Waals surface area contributed by atoms with Crippen LogP contribution in [0, 0.1) is 0 Å². The van der Waals surface area contributed by atoms with E-state index in [0.29, 0.717) is 6.17 Å². The van der Waals surface area contributed by atoms with Gasteiger partial charge in [-0.25, -0.2) is 0 Å². The predicted molar refractivity (Wildman–Crippen MR) is 76.8 cm³/mol. The van der Waals surface area contributed by atoms with E-state index >= 15 is 0 Å². The smallest absolute Gasteiger partial charge is 0.305 e. The summed E-state index contributed by atoms with van der Waals surface area (Å²) < 4.78 is 3.07. The van der Waals surface area contributed by atoms with E-state index in [4.69, 9.17) is 0 Å². The van der Waals surface area contributed by atoms with Gasteiger partial charge in [-0.1, -0.05) is 31.8 Å². The van der Waals surface area contributed by atoms with Crippen molar-refractivity contribution in [3.8, 4) is 0 Å². The highest BCUT2D eigenvalue weighted by Gasteiger charge is 2.18. The summed E-state index contributed by atoms with van der Waals surface area (Å²) in [6.07, 6.45) is 0.669. The molecule has 1 aromatic carbocycles. The molecule has 2 aromatic rings. The van der Waals surface area contributed by atoms with Crippen LogP contribution < -0.4 is 11.1 Å². The largest absolute Gasteiger partial charge is 0.316 e. The van der Waals surface area contributed by atoms with Crippen molar-refractivity contribution in [3.63, 3.8) is 0 Å². The maximum absolute atomic E-state index is 12.1. The number of rotatable bonds is 2. The van der Waals surface area contributed by atoms with Gasteiger partial charge in [0.25, 0.3) is 0 Å². The van der Waals surface area contributed by atoms with Crippen LogP contribution in [0.4, 0.5) is 0 Å². The SMILES string of the molecule is Cn1c(=O)c(=O)n(C[Si](C)(C)C)c2ccccc21. The van der Waals surface area contributed by atoms with Crippen molar-refractivity contribution >= 4 is 19.1 Å². The molecule has 0 saturated carbocycles. The first-order valence-electron chi connectivity index (χ1n) is 6.00. The quantitative estimate of drug-likeness (QED) is 0.609. The third-order valence-corrected chi connectivity index (χ3v) is 4.16. The molecule has 0 amide bonds. The number of nitrogens with zero attached hydrogens (tertiary/aromatic N) is 2. The summed E-state index contributed by atoms with van der Waals surface area (Å²) in [6.45, 7) is 6.56. The van der Waals surface area contributed by atoms with Gasteiger partial charge in [0.05, 0.1) is 19.1 Å². The standard InChI is InChI=1S/C13H18N2O2Si/c1-14-10-7-5-6-8-11(10)15(9-18(2,3)4)13(17)12(14)16/h5-8H,9H2,1-4H3. The minimum Gasteiger partial charge on any atom is -0.305 e. The van der Waals surface area contributed by atoms with Crippen LogP contribution in [0.5, 0.6) is 0 Å². The van der Waals surface area contributed by atoms with Crippen molar-refractivity contribution in [1.29, 1.82) is 0 Å². The molecule has 4 nitrogen and oxygen atoms in total. The summed E-state index contributed by atoms with van der Waals surface area (Å²) in [5.74, 6) is 0. The van der Waals surface area contributed by atoms with E-state index < -0.39 is 19.2 Å². The molecule has 0 fully saturated rings. The molecule has 18 heavy (non-hydrogen) atoms. The monoisotopic (exact) mass is 262 g/mol. The van der Waals surface area contributed by atoms with E-state index in [0.717, 1.165) is 11.0 Å². The van der Waals surface area contributed by atoms with E-state index in [1.54, 1.807) is 11.6 Å². The molecule has 0 radical (unpaired) electrons. The number of hydrogen-bond donors (Lipinski definition) is 0. The van der Waals surface area contributed by atoms with Gasteiger partial charge in [-0.15, -0.1) is 0 Å². The molecule has 0 aliphatic carbocycles. The Bertz CT molecular complexity index is 707. The van der Waals surface area contributed by atoms with Crippen LogP contribution in [0.1, 0.15) is 0 Å². The van der Waals surface area contributed by atoms with Crippen LogP contribution in [-0.4, -0.2) is 17.2 Å². The molecular weight excluding hydrogens is 244 g/mol. The molecule has 2 rings (SSSR count). The molecule has 0 N–H and O–H groups in total. The van der Waals surface area contributed by atoms with Crippen LogP contribution in [-0.2, 0) is 13.2 Å². The predicted octanol–water partition coefficient (Wildman–Crippen LogP) is 1.58. The average molecular weight is 262 g/mol. The second kappa shape index (κ2) is 4.24. The van der Waals surface area contributed by atoms with Gasteiger partial charge in [-0.05, 0) is 12.1 Å². The van der Waals surface area contributed by atoms with Crippen LogP contribution in [0.3, 0.4) is 0 Å². The van der Waals surface area contributed by atoms with Gasteiger partial charge in [0.2, 0.25) is 0 Å². The fourth-order valence-corrected chi connectivity index (χ4v) is 3.35. The topological polar surface area (TPSA) is 44.0 Å². The Morgan fingerprint density at radius 3 is 2.11 bits per heavy atom. The molecule has 1 aromatic heterocycles. The van der Waals surface area contributed by atoms with Crippen molar-refractivity contribution in [2.75, 3.05) is 0 Å². The van der Waals surface area contributed by atoms with Crippen LogP contribution in [0.15, 0.2) is 33.9 Å². The summed E-state index contributed by atoms with van der Waals surface area (Å²) in [5.41, 5.74) is 0.776. The molecule has 96 valence electrons. The van der Waals surface area contributed by atoms with Gasteiger partial charge in [-0.3, -0.25) is 9.59 Å². The maximum Gasteiger partial charge on any atom is 0.316 e. The van der Waals surface area contributed by atoms with E-state index in [1.165, 1.54) is 4.57 Å². The lowest BCUT2D eigenvalue weighted by molar-refractivity contribution is 0.772. The lowest BCUT2D eigenvalue weighted by Gasteiger charge is -2.20. The van der Waals surface area contributed by atoms with Crippen molar-refractivity contribution in [2.45, 2.75) is 25.8 Å². The number of fused-ring (bicyclic) bond motifs is 1. The average Bonchev–Trinajstić information content (AvgIpc) is 2.31. The van der Waals surface area contributed by atoms with Gasteiger partial charge in [0.15, 0.2) is 0 Å². The Morgan fingerprint density at radius 2 is 1.56 bits per heavy atom. The van der Waals surface area contributed by atoms with E-state index in [1.807, 2.05) is 24.3 Å². The highest BCUT2D eigenvalue weighted by molar-refractivity contribution is 6.75. The lowest BCUT2D eigenvalue weighted by atomic mass is 10.3. The summed E-state index contributed by atoms with van der Waals surface area (Å²) >= 11 is 0. The zero-order chi connectivity index (χ0) is 13.5. The Labute approximate surface area is 107 Å². The zero-order valence-corrected chi connectivity index (χ0v) is 12.2. The number of para-hydroxylation sites is 2. The van der Waals surface area contributed by atoms with Gasteiger partial charge in [0, 0.05) is 13.2 Å². The molecule has 1 heterocycles. The molecule has 5 heteroatoms. The second-order valence-corrected chi connectivity index (χ2v) is 11.2. The summed E-state index contributed by atoms with van der Waals surface area (Å²) in [6, 6.07) is 7.55. The lowest BCUT2D eigenvalue weighted by Crippen LogP contribution is -2.44. The van der Waals surface area contributed by atoms with Gasteiger partial charge >= 0.3 is 11.1 Å². The van der Waals surface area contributed by atoms with Gasteiger partial charge in [0.1, 0.15) is 0 Å². The highest BCUT2D eigenvalue weighted by Crippen LogP contribution is 2.12. The first-order valence-corrected chi connectivity index (χ1v) is 9.70. The highest BCUT2D eigenvalue weighted by atomic mass is 28.3. The van der Waals surface area contributed by atoms with Crippen molar-refractivity contribution in [3.05, 3.63) is 45.0 Å². The normalized spacial score (nSPS) is 12.0. The van der Waals surface area contributed by atoms with Crippen LogP contribution >= 0.6 is 0 Å². The molecular formula is C13H18N2O2Si. The first kappa shape index (κ1) is 12.8. The molecule has 0 saturated heterocycles. The Kier molecular flexibility index (Phi) is 3.02. The minimum absolute atomic E-state index is 0.418. The summed E-state index contributed by atoms with van der Waals surface area (Å²) in [4.78, 5) is 24.1. The zero-order valence-electron chi connectivity index (χ0n) is 11.2. The molecule has 0 spiro atoms. The van der Waals surface area contributed by atoms with E-state index in [2.05, 4.69) is 19.6 Å².